The molecule has 62 valence electrons. The van der Waals surface area contributed by atoms with Gasteiger partial charge >= 0.3 is 0 Å². The smallest absolute Gasteiger partial charge is 0.0648 e. The van der Waals surface area contributed by atoms with Crippen LogP contribution in [0.4, 0.5) is 0 Å². The molecule has 0 aliphatic carbocycles. The molecule has 0 saturated heterocycles. The van der Waals surface area contributed by atoms with Gasteiger partial charge in [0.1, 0.15) is 0 Å². The van der Waals surface area contributed by atoms with Crippen LogP contribution in [0.25, 0.3) is 0 Å². The normalized spacial score (nSPS) is 9.25. The van der Waals surface area contributed by atoms with Crippen LogP contribution in [0.2, 0.25) is 0 Å². The molecule has 0 N–H and O–H groups in total. The summed E-state index contributed by atoms with van der Waals surface area (Å²) < 4.78 is 0. The average molecular weight is 194 g/mol. The van der Waals surface area contributed by atoms with Gasteiger partial charge in [-0.25, -0.2) is 0 Å². The van der Waals surface area contributed by atoms with Gasteiger partial charge in [-0.1, -0.05) is 57.8 Å². The van der Waals surface area contributed by atoms with E-state index in [1.165, 1.54) is 5.56 Å². The molecule has 0 saturated carbocycles. The SMILES string of the molecule is C#CCSSCc1ccccc1. The second-order valence-electron chi connectivity index (χ2n) is 2.21. The van der Waals surface area contributed by atoms with E-state index in [0.29, 0.717) is 0 Å². The molecule has 1 aromatic rings. The maximum absolute atomic E-state index is 5.12. The van der Waals surface area contributed by atoms with Gasteiger partial charge in [0, 0.05) is 5.75 Å². The van der Waals surface area contributed by atoms with E-state index in [4.69, 9.17) is 6.42 Å². The first-order valence-electron chi connectivity index (χ1n) is 3.65. The van der Waals surface area contributed by atoms with Crippen LogP contribution in [0, 0.1) is 12.3 Å². The summed E-state index contributed by atoms with van der Waals surface area (Å²) >= 11 is 0. The molecular formula is C10H10S2. The Morgan fingerprint density at radius 3 is 2.58 bits per heavy atom. The lowest BCUT2D eigenvalue weighted by molar-refractivity contribution is 1.43. The van der Waals surface area contributed by atoms with Crippen molar-refractivity contribution in [3.8, 4) is 12.3 Å². The van der Waals surface area contributed by atoms with E-state index < -0.39 is 0 Å². The fourth-order valence-corrected chi connectivity index (χ4v) is 2.44. The molecule has 0 fully saturated rings. The lowest BCUT2D eigenvalue weighted by atomic mass is 10.2. The zero-order chi connectivity index (χ0) is 8.65. The summed E-state index contributed by atoms with van der Waals surface area (Å²) in [4.78, 5) is 0. The van der Waals surface area contributed by atoms with E-state index in [0.717, 1.165) is 11.5 Å². The minimum Gasteiger partial charge on any atom is -0.119 e. The largest absolute Gasteiger partial charge is 0.119 e. The molecule has 1 rings (SSSR count). The Balaban J connectivity index is 2.21. The van der Waals surface area contributed by atoms with Crippen LogP contribution in [0.1, 0.15) is 5.56 Å². The van der Waals surface area contributed by atoms with E-state index in [2.05, 4.69) is 30.2 Å². The number of rotatable bonds is 4. The number of benzene rings is 1. The van der Waals surface area contributed by atoms with Crippen molar-refractivity contribution in [1.82, 2.24) is 0 Å². The number of terminal acetylenes is 1. The van der Waals surface area contributed by atoms with Crippen LogP contribution in [0.15, 0.2) is 30.3 Å². The second kappa shape index (κ2) is 6.05. The highest BCUT2D eigenvalue weighted by atomic mass is 33.1. The van der Waals surface area contributed by atoms with Gasteiger partial charge in [0.05, 0.1) is 5.75 Å². The van der Waals surface area contributed by atoms with E-state index in [9.17, 15) is 0 Å². The Hall–Kier alpha value is -0.520. The molecule has 0 heterocycles. The molecule has 0 aromatic heterocycles. The zero-order valence-corrected chi connectivity index (χ0v) is 8.33. The topological polar surface area (TPSA) is 0 Å². The third kappa shape index (κ3) is 3.75. The van der Waals surface area contributed by atoms with Gasteiger partial charge < -0.3 is 0 Å². The third-order valence-electron chi connectivity index (χ3n) is 1.29. The fourth-order valence-electron chi connectivity index (χ4n) is 0.760. The molecular weight excluding hydrogens is 184 g/mol. The van der Waals surface area contributed by atoms with Gasteiger partial charge in [-0.2, -0.15) is 0 Å². The first kappa shape index (κ1) is 9.57. The van der Waals surface area contributed by atoms with Crippen LogP contribution >= 0.6 is 21.6 Å². The number of hydrogen-bond donors (Lipinski definition) is 0. The highest BCUT2D eigenvalue weighted by Gasteiger charge is 1.90. The van der Waals surface area contributed by atoms with Crippen LogP contribution < -0.4 is 0 Å². The van der Waals surface area contributed by atoms with Gasteiger partial charge in [0.2, 0.25) is 0 Å². The highest BCUT2D eigenvalue weighted by Crippen LogP contribution is 2.24. The van der Waals surface area contributed by atoms with Crippen LogP contribution in [0.3, 0.4) is 0 Å². The van der Waals surface area contributed by atoms with Gasteiger partial charge in [0.15, 0.2) is 0 Å². The zero-order valence-electron chi connectivity index (χ0n) is 6.69. The van der Waals surface area contributed by atoms with Crippen LogP contribution in [0.5, 0.6) is 0 Å². The van der Waals surface area contributed by atoms with Crippen molar-refractivity contribution < 1.29 is 0 Å². The first-order chi connectivity index (χ1) is 5.93. The third-order valence-corrected chi connectivity index (χ3v) is 3.40. The summed E-state index contributed by atoms with van der Waals surface area (Å²) in [6.07, 6.45) is 5.12. The predicted octanol–water partition coefficient (Wildman–Crippen LogP) is 3.20. The molecule has 0 aliphatic rings. The summed E-state index contributed by atoms with van der Waals surface area (Å²) in [5.41, 5.74) is 1.35. The molecule has 0 aliphatic heterocycles. The van der Waals surface area contributed by atoms with Crippen LogP contribution in [-0.4, -0.2) is 5.75 Å². The average Bonchev–Trinajstić information content (AvgIpc) is 2.14. The molecule has 0 atom stereocenters. The van der Waals surface area contributed by atoms with Crippen molar-refractivity contribution in [2.24, 2.45) is 0 Å². The van der Waals surface area contributed by atoms with Crippen molar-refractivity contribution >= 4 is 21.6 Å². The Bertz CT molecular complexity index is 248. The van der Waals surface area contributed by atoms with Crippen molar-refractivity contribution in [3.05, 3.63) is 35.9 Å². The summed E-state index contributed by atoms with van der Waals surface area (Å²) in [5, 5.41) is 0. The Labute approximate surface area is 81.5 Å². The minimum atomic E-state index is 0.789. The van der Waals surface area contributed by atoms with Gasteiger partial charge in [0.25, 0.3) is 0 Å². The maximum atomic E-state index is 5.12. The molecule has 0 nitrogen and oxygen atoms in total. The molecule has 0 bridgehead atoms. The van der Waals surface area contributed by atoms with E-state index in [-0.39, 0.29) is 0 Å². The summed E-state index contributed by atoms with van der Waals surface area (Å²) in [6.45, 7) is 0. The second-order valence-corrected chi connectivity index (χ2v) is 4.68. The van der Waals surface area contributed by atoms with Crippen molar-refractivity contribution in [2.45, 2.75) is 5.75 Å². The molecule has 2 heteroatoms. The van der Waals surface area contributed by atoms with Gasteiger partial charge in [-0.15, -0.1) is 6.42 Å². The molecule has 0 radical (unpaired) electrons. The quantitative estimate of drug-likeness (QED) is 0.410. The number of hydrogen-bond acceptors (Lipinski definition) is 2. The summed E-state index contributed by atoms with van der Waals surface area (Å²) in [7, 11) is 3.53. The van der Waals surface area contributed by atoms with Crippen molar-refractivity contribution in [2.75, 3.05) is 5.75 Å². The van der Waals surface area contributed by atoms with E-state index >= 15 is 0 Å². The highest BCUT2D eigenvalue weighted by molar-refractivity contribution is 8.76. The van der Waals surface area contributed by atoms with Gasteiger partial charge in [-0.3, -0.25) is 0 Å². The Morgan fingerprint density at radius 1 is 1.17 bits per heavy atom. The lowest BCUT2D eigenvalue weighted by Gasteiger charge is -1.97. The first-order valence-corrected chi connectivity index (χ1v) is 6.14. The lowest BCUT2D eigenvalue weighted by Crippen LogP contribution is -1.75. The molecule has 12 heavy (non-hydrogen) atoms. The van der Waals surface area contributed by atoms with E-state index in [1.54, 1.807) is 21.6 Å². The molecule has 0 spiro atoms. The Kier molecular flexibility index (Phi) is 4.82. The monoisotopic (exact) mass is 194 g/mol. The van der Waals surface area contributed by atoms with Crippen LogP contribution in [-0.2, 0) is 5.75 Å². The minimum absolute atomic E-state index is 0.789. The van der Waals surface area contributed by atoms with E-state index in [1.807, 2.05) is 6.07 Å². The molecule has 1 aromatic carbocycles. The predicted molar refractivity (Wildman–Crippen MR) is 59.0 cm³/mol. The van der Waals surface area contributed by atoms with Crippen molar-refractivity contribution in [1.29, 1.82) is 0 Å². The maximum Gasteiger partial charge on any atom is 0.0648 e. The molecule has 0 amide bonds. The molecule has 0 unspecified atom stereocenters. The fraction of sp³-hybridized carbons (Fsp3) is 0.200. The Morgan fingerprint density at radius 2 is 1.92 bits per heavy atom. The standard InChI is InChI=1S/C10H10S2/c1-2-8-11-12-9-10-6-4-3-5-7-10/h1,3-7H,8-9H2. The summed E-state index contributed by atoms with van der Waals surface area (Å²) in [6, 6.07) is 10.4. The van der Waals surface area contributed by atoms with Crippen molar-refractivity contribution in [3.63, 3.8) is 0 Å². The van der Waals surface area contributed by atoms with Gasteiger partial charge in [-0.05, 0) is 5.56 Å². The summed E-state index contributed by atoms with van der Waals surface area (Å²) in [5.74, 6) is 4.42.